The second-order valence-electron chi connectivity index (χ2n) is 21.1. The minimum atomic E-state index is 0.759. The number of aromatic nitrogens is 15. The number of nitrogens with zero attached hydrogens (tertiary/aromatic N) is 15. The van der Waals surface area contributed by atoms with Crippen LogP contribution in [0.25, 0.3) is 32.4 Å². The highest BCUT2D eigenvalue weighted by Gasteiger charge is 1.94. The Morgan fingerprint density at radius 1 is 0.183 bits per heavy atom. The van der Waals surface area contributed by atoms with Crippen LogP contribution in [0.5, 0.6) is 0 Å². The third-order valence-electron chi connectivity index (χ3n) is 12.5. The normalized spacial score (nSPS) is 8.00. The van der Waals surface area contributed by atoms with Gasteiger partial charge in [-0.25, -0.2) is 44.9 Å². The van der Waals surface area contributed by atoms with E-state index in [0.717, 1.165) is 45.5 Å². The topological polar surface area (TPSA) is 193 Å². The molecule has 15 nitrogen and oxygen atoms in total. The van der Waals surface area contributed by atoms with Crippen LogP contribution in [0.1, 0.15) is 234 Å². The predicted molar refractivity (Wildman–Crippen MR) is 530 cm³/mol. The Morgan fingerprint density at radius 2 is 0.617 bits per heavy atom. The average molecular weight is 1630 g/mol. The molecule has 0 aliphatic heterocycles. The molecule has 6 aromatic carbocycles. The van der Waals surface area contributed by atoms with Gasteiger partial charge in [0.15, 0.2) is 0 Å². The van der Waals surface area contributed by atoms with Crippen molar-refractivity contribution in [2.75, 3.05) is 0 Å². The van der Waals surface area contributed by atoms with E-state index >= 15 is 0 Å². The number of pyridine rings is 4. The van der Waals surface area contributed by atoms with Gasteiger partial charge in [0.2, 0.25) is 0 Å². The van der Waals surface area contributed by atoms with Crippen molar-refractivity contribution in [1.29, 1.82) is 0 Å². The summed E-state index contributed by atoms with van der Waals surface area (Å²) in [6.45, 7) is 71.9. The van der Waals surface area contributed by atoms with Crippen LogP contribution in [0.2, 0.25) is 0 Å². The van der Waals surface area contributed by atoms with E-state index in [1.807, 2.05) is 326 Å². The van der Waals surface area contributed by atoms with Crippen molar-refractivity contribution < 1.29 is 0 Å². The fourth-order valence-corrected chi connectivity index (χ4v) is 7.50. The molecule has 0 radical (unpaired) electrons. The van der Waals surface area contributed by atoms with Crippen molar-refractivity contribution in [3.8, 4) is 0 Å². The Bertz CT molecular complexity index is 3720. The largest absolute Gasteiger partial charge is 0.265 e. The molecule has 9 aromatic heterocycles. The van der Waals surface area contributed by atoms with E-state index in [4.69, 9.17) is 0 Å². The van der Waals surface area contributed by atoms with Crippen LogP contribution in [-0.4, -0.2) is 74.8 Å². The van der Waals surface area contributed by atoms with Crippen LogP contribution < -0.4 is 0 Å². The van der Waals surface area contributed by atoms with Crippen molar-refractivity contribution >= 4 is 32.4 Å². The first-order valence-electron chi connectivity index (χ1n) is 43.0. The standard InChI is InChI=1S/2C11H10.C10H9N.C7H8.3C6H7N.4C5H6N2.C4H5N3.12C2H6/c1-9-5-4-7-10-6-2-3-8-11(9)10;1-9-6-7-10-4-2-3-5-11(10)8-9;1-8-6-7-9-4-2-3-5-10(9)11-8;1-7-5-3-2-4-6-7;1-6-2-4-7-5-3-6;1-6-3-2-4-7-5-6;1-6-4-2-3-5-7-6;1-5-2-6-4-7-3-5;1-5-4-6-2-3-7-5;1-5-2-3-6-4-7-5;1-5-6-3-2-4-7-5;1-4-6-2-5-3-7-4;12*1-2/h2*2-8H,1H3;2-7H,1H3;2-6H,1H3;3*2-5H,1H3;4*2-4H,1H3;2-3H,1H3;12*1-2H3. The van der Waals surface area contributed by atoms with Gasteiger partial charge < -0.3 is 0 Å². The first-order valence-corrected chi connectivity index (χ1v) is 43.0. The van der Waals surface area contributed by atoms with E-state index in [1.54, 1.807) is 80.4 Å². The molecule has 0 amide bonds. The smallest absolute Gasteiger partial charge is 0.128 e. The summed E-state index contributed by atoms with van der Waals surface area (Å²) in [5, 5.41) is 6.53. The lowest BCUT2D eigenvalue weighted by Crippen LogP contribution is -1.84. The maximum absolute atomic E-state index is 4.38. The van der Waals surface area contributed by atoms with E-state index in [1.165, 1.54) is 80.1 Å². The summed E-state index contributed by atoms with van der Waals surface area (Å²) in [6, 6.07) is 69.7. The van der Waals surface area contributed by atoms with Crippen LogP contribution in [-0.2, 0) is 0 Å². The molecule has 654 valence electrons. The highest BCUT2D eigenvalue weighted by molar-refractivity contribution is 5.85. The van der Waals surface area contributed by atoms with Gasteiger partial charge in [0, 0.05) is 103 Å². The van der Waals surface area contributed by atoms with E-state index in [2.05, 4.69) is 205 Å². The first kappa shape index (κ1) is 126. The Morgan fingerprint density at radius 3 is 0.983 bits per heavy atom. The van der Waals surface area contributed by atoms with Gasteiger partial charge in [0.25, 0.3) is 0 Å². The van der Waals surface area contributed by atoms with Gasteiger partial charge in [-0.15, -0.1) is 0 Å². The molecule has 0 N–H and O–H groups in total. The maximum Gasteiger partial charge on any atom is 0.128 e. The minimum Gasteiger partial charge on any atom is -0.265 e. The molecule has 0 spiro atoms. The van der Waals surface area contributed by atoms with Crippen molar-refractivity contribution in [3.05, 3.63) is 380 Å². The Kier molecular flexibility index (Phi) is 108. The molecule has 0 aliphatic carbocycles. The van der Waals surface area contributed by atoms with Crippen molar-refractivity contribution in [2.24, 2.45) is 0 Å². The average Bonchev–Trinajstić information content (AvgIpc) is 0.865. The summed E-state index contributed by atoms with van der Waals surface area (Å²) in [5.74, 6) is 1.58. The zero-order chi connectivity index (χ0) is 93.1. The van der Waals surface area contributed by atoms with E-state index < -0.39 is 0 Å². The van der Waals surface area contributed by atoms with Gasteiger partial charge >= 0.3 is 0 Å². The summed E-state index contributed by atoms with van der Waals surface area (Å²) >= 11 is 0. The van der Waals surface area contributed by atoms with Crippen LogP contribution in [0.3, 0.4) is 0 Å². The SMILES string of the molecule is CC.CC.CC.CC.CC.CC.CC.CC.CC.CC.CC.CC.Cc1ccc2ccccc2c1.Cc1ccc2ccccc2n1.Cc1cccc2ccccc12.Cc1ccccc1.Cc1ccccn1.Cc1cccnc1.Cc1ccncc1.Cc1ccncn1.Cc1cnccn1.Cc1cncnc1.Cc1ncccn1.Cc1ncncn1. The quantitative estimate of drug-likeness (QED) is 0.139. The van der Waals surface area contributed by atoms with Gasteiger partial charge in [-0.1, -0.05) is 329 Å². The number of para-hydroxylation sites is 1. The number of fused-ring (bicyclic) bond motifs is 3. The van der Waals surface area contributed by atoms with Crippen molar-refractivity contribution in [3.63, 3.8) is 0 Å². The molecule has 15 heteroatoms. The fourth-order valence-electron chi connectivity index (χ4n) is 7.50. The summed E-state index contributed by atoms with van der Waals surface area (Å²) < 4.78 is 0. The minimum absolute atomic E-state index is 0.759. The monoisotopic (exact) mass is 1630 g/mol. The van der Waals surface area contributed by atoms with Crippen molar-refractivity contribution in [2.45, 2.75) is 249 Å². The number of aryl methyl sites for hydroxylation is 12. The molecule has 0 bridgehead atoms. The van der Waals surface area contributed by atoms with Crippen LogP contribution in [0.15, 0.2) is 312 Å². The predicted octanol–water partition coefficient (Wildman–Crippen LogP) is 30.6. The number of benzene rings is 6. The molecule has 15 rings (SSSR count). The molecule has 0 aliphatic rings. The highest BCUT2D eigenvalue weighted by Crippen LogP contribution is 2.17. The third kappa shape index (κ3) is 79.8. The van der Waals surface area contributed by atoms with Gasteiger partial charge in [-0.05, 0) is 181 Å². The Hall–Kier alpha value is -12.0. The van der Waals surface area contributed by atoms with E-state index in [0.29, 0.717) is 0 Å². The van der Waals surface area contributed by atoms with Crippen molar-refractivity contribution in [1.82, 2.24) is 74.8 Å². The number of hydrogen-bond acceptors (Lipinski definition) is 15. The summed E-state index contributed by atoms with van der Waals surface area (Å²) in [7, 11) is 0. The number of rotatable bonds is 0. The zero-order valence-corrected chi connectivity index (χ0v) is 81.2. The molecule has 120 heavy (non-hydrogen) atoms. The van der Waals surface area contributed by atoms with Crippen LogP contribution >= 0.6 is 0 Å². The molecule has 0 unspecified atom stereocenters. The zero-order valence-electron chi connectivity index (χ0n) is 81.2. The summed E-state index contributed by atoms with van der Waals surface area (Å²) in [5.41, 5.74) is 12.8. The molecular formula is C105H159N15. The summed E-state index contributed by atoms with van der Waals surface area (Å²) in [6.07, 6.45) is 28.7. The van der Waals surface area contributed by atoms with E-state index in [-0.39, 0.29) is 0 Å². The maximum atomic E-state index is 4.38. The lowest BCUT2D eigenvalue weighted by molar-refractivity contribution is 0.974. The Labute approximate surface area is 732 Å². The fraction of sp³-hybridized carbons (Fsp3) is 0.343. The van der Waals surface area contributed by atoms with Gasteiger partial charge in [-0.3, -0.25) is 29.9 Å². The first-order chi connectivity index (χ1) is 58.6. The third-order valence-corrected chi connectivity index (χ3v) is 12.5. The molecule has 0 fully saturated rings. The number of hydrogen-bond donors (Lipinski definition) is 0. The lowest BCUT2D eigenvalue weighted by Gasteiger charge is -1.98. The summed E-state index contributed by atoms with van der Waals surface area (Å²) in [4.78, 5) is 57.8. The second-order valence-corrected chi connectivity index (χ2v) is 21.1. The van der Waals surface area contributed by atoms with Gasteiger partial charge in [0.05, 0.1) is 11.2 Å². The highest BCUT2D eigenvalue weighted by atomic mass is 15.0. The molecule has 0 saturated heterocycles. The molecule has 9 heterocycles. The van der Waals surface area contributed by atoms with Gasteiger partial charge in [-0.2, -0.15) is 0 Å². The van der Waals surface area contributed by atoms with Crippen LogP contribution in [0.4, 0.5) is 0 Å². The lowest BCUT2D eigenvalue weighted by atomic mass is 10.1. The Balaban J connectivity index is -0.000000157. The molecule has 15 aromatic rings. The van der Waals surface area contributed by atoms with Gasteiger partial charge in [0.1, 0.15) is 37.0 Å². The molecule has 0 saturated carbocycles. The molecular weight excluding hydrogens is 1470 g/mol. The second kappa shape index (κ2) is 103. The molecule has 0 atom stereocenters. The van der Waals surface area contributed by atoms with Crippen LogP contribution in [0, 0.1) is 83.1 Å². The van der Waals surface area contributed by atoms with E-state index in [9.17, 15) is 0 Å².